The standard InChI is InChI=1S/C22H30N4O2/c1-15-10-16(2)12-17(11-15)26-21-5-3-4-20(19(21)13-23-26)24-22(28)14-25-8-6-18(27)7-9-25/h10-13,18,20,27H,3-9,14H2,1-2H3,(H,24,28)/t20-/m1/s1. The zero-order valence-electron chi connectivity index (χ0n) is 16.8. The van der Waals surface area contributed by atoms with Gasteiger partial charge in [0.05, 0.1) is 30.6 Å². The van der Waals surface area contributed by atoms with Gasteiger partial charge in [-0.3, -0.25) is 9.69 Å². The van der Waals surface area contributed by atoms with Crippen molar-refractivity contribution in [2.24, 2.45) is 0 Å². The maximum absolute atomic E-state index is 12.6. The number of aliphatic hydroxyl groups excluding tert-OH is 1. The van der Waals surface area contributed by atoms with Crippen LogP contribution in [-0.4, -0.2) is 51.4 Å². The Kier molecular flexibility index (Phi) is 5.51. The van der Waals surface area contributed by atoms with Gasteiger partial charge in [-0.25, -0.2) is 4.68 Å². The Morgan fingerprint density at radius 2 is 1.89 bits per heavy atom. The fourth-order valence-corrected chi connectivity index (χ4v) is 4.52. The number of nitrogens with zero attached hydrogens (tertiary/aromatic N) is 3. The van der Waals surface area contributed by atoms with Gasteiger partial charge in [0.1, 0.15) is 0 Å². The average Bonchev–Trinajstić information content (AvgIpc) is 3.08. The maximum Gasteiger partial charge on any atom is 0.234 e. The fourth-order valence-electron chi connectivity index (χ4n) is 4.52. The van der Waals surface area contributed by atoms with Crippen LogP contribution in [0.3, 0.4) is 0 Å². The number of amides is 1. The van der Waals surface area contributed by atoms with Crippen molar-refractivity contribution in [3.05, 3.63) is 46.8 Å². The topological polar surface area (TPSA) is 70.4 Å². The Morgan fingerprint density at radius 1 is 1.18 bits per heavy atom. The van der Waals surface area contributed by atoms with Crippen LogP contribution in [0, 0.1) is 13.8 Å². The lowest BCUT2D eigenvalue weighted by Crippen LogP contribution is -2.43. The van der Waals surface area contributed by atoms with E-state index in [1.165, 1.54) is 16.8 Å². The van der Waals surface area contributed by atoms with Gasteiger partial charge < -0.3 is 10.4 Å². The summed E-state index contributed by atoms with van der Waals surface area (Å²) in [7, 11) is 0. The van der Waals surface area contributed by atoms with Crippen molar-refractivity contribution in [3.63, 3.8) is 0 Å². The first-order valence-electron chi connectivity index (χ1n) is 10.3. The molecule has 28 heavy (non-hydrogen) atoms. The zero-order chi connectivity index (χ0) is 19.7. The van der Waals surface area contributed by atoms with Crippen molar-refractivity contribution in [3.8, 4) is 5.69 Å². The van der Waals surface area contributed by atoms with E-state index in [1.54, 1.807) is 0 Å². The number of benzene rings is 1. The number of likely N-dealkylation sites (tertiary alicyclic amines) is 1. The first-order valence-corrected chi connectivity index (χ1v) is 10.3. The zero-order valence-corrected chi connectivity index (χ0v) is 16.8. The van der Waals surface area contributed by atoms with Gasteiger partial charge in [0.2, 0.25) is 5.91 Å². The van der Waals surface area contributed by atoms with E-state index in [0.717, 1.165) is 56.4 Å². The predicted molar refractivity (Wildman–Crippen MR) is 109 cm³/mol. The molecule has 0 saturated carbocycles. The van der Waals surface area contributed by atoms with E-state index >= 15 is 0 Å². The van der Waals surface area contributed by atoms with Gasteiger partial charge in [0, 0.05) is 24.3 Å². The third-order valence-electron chi connectivity index (χ3n) is 5.89. The second-order valence-electron chi connectivity index (χ2n) is 8.32. The summed E-state index contributed by atoms with van der Waals surface area (Å²) >= 11 is 0. The van der Waals surface area contributed by atoms with Crippen LogP contribution in [0.15, 0.2) is 24.4 Å². The minimum Gasteiger partial charge on any atom is -0.393 e. The third-order valence-corrected chi connectivity index (χ3v) is 5.89. The predicted octanol–water partition coefficient (Wildman–Crippen LogP) is 2.44. The van der Waals surface area contributed by atoms with Crippen molar-refractivity contribution >= 4 is 5.91 Å². The molecule has 2 aromatic rings. The number of rotatable bonds is 4. The Bertz CT molecular complexity index is 832. The van der Waals surface area contributed by atoms with E-state index in [0.29, 0.717) is 6.54 Å². The summed E-state index contributed by atoms with van der Waals surface area (Å²) in [6.45, 7) is 6.19. The summed E-state index contributed by atoms with van der Waals surface area (Å²) in [5.74, 6) is 0.0633. The number of hydrogen-bond acceptors (Lipinski definition) is 4. The fraction of sp³-hybridized carbons (Fsp3) is 0.545. The van der Waals surface area contributed by atoms with E-state index < -0.39 is 0 Å². The molecule has 1 atom stereocenters. The number of piperidine rings is 1. The van der Waals surface area contributed by atoms with Gasteiger partial charge in [-0.1, -0.05) is 6.07 Å². The van der Waals surface area contributed by atoms with E-state index in [9.17, 15) is 9.90 Å². The molecule has 6 nitrogen and oxygen atoms in total. The minimum absolute atomic E-state index is 0.0336. The van der Waals surface area contributed by atoms with E-state index in [4.69, 9.17) is 0 Å². The van der Waals surface area contributed by atoms with Gasteiger partial charge in [0.15, 0.2) is 0 Å². The molecule has 1 fully saturated rings. The van der Waals surface area contributed by atoms with Gasteiger partial charge >= 0.3 is 0 Å². The number of carbonyl (C=O) groups is 1. The largest absolute Gasteiger partial charge is 0.393 e. The molecule has 1 amide bonds. The van der Waals surface area contributed by atoms with E-state index in [-0.39, 0.29) is 18.1 Å². The highest BCUT2D eigenvalue weighted by molar-refractivity contribution is 5.78. The Hall–Kier alpha value is -2.18. The third kappa shape index (κ3) is 4.13. The molecule has 0 spiro atoms. The van der Waals surface area contributed by atoms with E-state index in [1.807, 2.05) is 10.9 Å². The van der Waals surface area contributed by atoms with Crippen LogP contribution in [0.1, 0.15) is 54.1 Å². The van der Waals surface area contributed by atoms with E-state index in [2.05, 4.69) is 47.4 Å². The molecule has 0 radical (unpaired) electrons. The molecule has 2 aliphatic rings. The highest BCUT2D eigenvalue weighted by Gasteiger charge is 2.27. The van der Waals surface area contributed by atoms with Gasteiger partial charge in [0.25, 0.3) is 0 Å². The highest BCUT2D eigenvalue weighted by atomic mass is 16.3. The number of hydrogen-bond donors (Lipinski definition) is 2. The first-order chi connectivity index (χ1) is 13.5. The van der Waals surface area contributed by atoms with Crippen LogP contribution < -0.4 is 5.32 Å². The molecular formula is C22H30N4O2. The number of fused-ring (bicyclic) bond motifs is 1. The summed E-state index contributed by atoms with van der Waals surface area (Å²) in [5.41, 5.74) is 5.91. The monoisotopic (exact) mass is 382 g/mol. The minimum atomic E-state index is -0.212. The van der Waals surface area contributed by atoms with Crippen LogP contribution in [0.25, 0.3) is 5.69 Å². The molecule has 1 aromatic heterocycles. The summed E-state index contributed by atoms with van der Waals surface area (Å²) in [5, 5.41) is 17.5. The molecule has 1 aliphatic heterocycles. The van der Waals surface area contributed by atoms with Crippen LogP contribution in [0.5, 0.6) is 0 Å². The van der Waals surface area contributed by atoms with Crippen molar-refractivity contribution < 1.29 is 9.90 Å². The smallest absolute Gasteiger partial charge is 0.234 e. The quantitative estimate of drug-likeness (QED) is 0.852. The Morgan fingerprint density at radius 3 is 2.61 bits per heavy atom. The molecule has 1 aliphatic carbocycles. The van der Waals surface area contributed by atoms with Crippen molar-refractivity contribution in [1.82, 2.24) is 20.0 Å². The molecular weight excluding hydrogens is 352 g/mol. The molecule has 150 valence electrons. The normalized spacial score (nSPS) is 20.8. The lowest BCUT2D eigenvalue weighted by Gasteiger charge is -2.30. The molecule has 0 bridgehead atoms. The number of aryl methyl sites for hydroxylation is 2. The van der Waals surface area contributed by atoms with Gasteiger partial charge in [-0.05, 0) is 69.2 Å². The molecule has 6 heteroatoms. The average molecular weight is 383 g/mol. The maximum atomic E-state index is 12.6. The Balaban J connectivity index is 1.47. The summed E-state index contributed by atoms with van der Waals surface area (Å²) in [6.07, 6.45) is 6.21. The molecule has 2 N–H and O–H groups in total. The first kappa shape index (κ1) is 19.2. The van der Waals surface area contributed by atoms with Crippen molar-refractivity contribution in [2.75, 3.05) is 19.6 Å². The van der Waals surface area contributed by atoms with Gasteiger partial charge in [-0.15, -0.1) is 0 Å². The second kappa shape index (κ2) is 8.05. The number of nitrogens with one attached hydrogen (secondary N) is 1. The Labute approximate surface area is 166 Å². The molecule has 0 unspecified atom stereocenters. The summed E-state index contributed by atoms with van der Waals surface area (Å²) in [6, 6.07) is 6.52. The summed E-state index contributed by atoms with van der Waals surface area (Å²) < 4.78 is 2.04. The lowest BCUT2D eigenvalue weighted by atomic mass is 9.92. The number of aromatic nitrogens is 2. The van der Waals surface area contributed by atoms with Crippen molar-refractivity contribution in [1.29, 1.82) is 0 Å². The second-order valence-corrected chi connectivity index (χ2v) is 8.32. The molecule has 2 heterocycles. The van der Waals surface area contributed by atoms with Crippen LogP contribution in [0.2, 0.25) is 0 Å². The molecule has 4 rings (SSSR count). The summed E-state index contributed by atoms with van der Waals surface area (Å²) in [4.78, 5) is 14.7. The number of aliphatic hydroxyl groups is 1. The molecule has 1 aromatic carbocycles. The van der Waals surface area contributed by atoms with Crippen LogP contribution >= 0.6 is 0 Å². The van der Waals surface area contributed by atoms with Crippen LogP contribution in [-0.2, 0) is 11.2 Å². The van der Waals surface area contributed by atoms with Gasteiger partial charge in [-0.2, -0.15) is 5.10 Å². The highest BCUT2D eigenvalue weighted by Crippen LogP contribution is 2.31. The molecule has 1 saturated heterocycles. The van der Waals surface area contributed by atoms with Crippen molar-refractivity contribution in [2.45, 2.75) is 58.1 Å². The lowest BCUT2D eigenvalue weighted by molar-refractivity contribution is -0.123. The number of carbonyl (C=O) groups excluding carboxylic acids is 1. The SMILES string of the molecule is Cc1cc(C)cc(-n2ncc3c2CCC[C@H]3NC(=O)CN2CCC(O)CC2)c1. The van der Waals surface area contributed by atoms with Crippen LogP contribution in [0.4, 0.5) is 0 Å².